The molecule has 0 aliphatic carbocycles. The van der Waals surface area contributed by atoms with Gasteiger partial charge in [0.05, 0.1) is 31.0 Å². The third-order valence-corrected chi connectivity index (χ3v) is 8.38. The van der Waals surface area contributed by atoms with Gasteiger partial charge in [-0.2, -0.15) is 10.2 Å². The average Bonchev–Trinajstić information content (AvgIpc) is 3.63. The number of likely N-dealkylation sites (N-methyl/N-ethyl adjacent to an activating group) is 1. The summed E-state index contributed by atoms with van der Waals surface area (Å²) in [6.07, 6.45) is 4.85. The number of methoxy groups -OCH3 is 1. The molecule has 1 aromatic carbocycles. The largest absolute Gasteiger partial charge is 0.496 e. The molecule has 1 amide bonds. The van der Waals surface area contributed by atoms with E-state index in [1.807, 2.05) is 0 Å². The SMILES string of the molecule is CCN(C)C(=O)Cn1c(=O)c2c(C)c(-n3nccn3)sc2n(CCc2cc(F)ccc2OC)c1=O.OC1CCOCC1. The predicted octanol–water partition coefficient (Wildman–Crippen LogP) is 2.14. The quantitative estimate of drug-likeness (QED) is 0.324. The first-order valence-electron chi connectivity index (χ1n) is 13.6. The molecule has 0 spiro atoms. The molecule has 0 saturated carbocycles. The summed E-state index contributed by atoms with van der Waals surface area (Å²) in [6, 6.07) is 4.18. The molecule has 42 heavy (non-hydrogen) atoms. The van der Waals surface area contributed by atoms with Crippen LogP contribution in [-0.2, 0) is 29.0 Å². The number of aliphatic hydroxyl groups is 1. The summed E-state index contributed by atoms with van der Waals surface area (Å²) in [4.78, 5) is 42.8. The minimum Gasteiger partial charge on any atom is -0.496 e. The van der Waals surface area contributed by atoms with Gasteiger partial charge in [0.1, 0.15) is 27.9 Å². The topological polar surface area (TPSA) is 134 Å². The number of amides is 1. The van der Waals surface area contributed by atoms with Crippen molar-refractivity contribution >= 4 is 27.5 Å². The van der Waals surface area contributed by atoms with Gasteiger partial charge in [-0.25, -0.2) is 9.18 Å². The lowest BCUT2D eigenvalue weighted by Crippen LogP contribution is -2.44. The number of hydrogen-bond donors (Lipinski definition) is 1. The molecule has 3 aromatic heterocycles. The maximum atomic E-state index is 13.9. The summed E-state index contributed by atoms with van der Waals surface area (Å²) in [6.45, 7) is 5.23. The van der Waals surface area contributed by atoms with Gasteiger partial charge in [-0.3, -0.25) is 18.7 Å². The fourth-order valence-corrected chi connectivity index (χ4v) is 5.76. The highest BCUT2D eigenvalue weighted by Crippen LogP contribution is 2.30. The molecule has 4 heterocycles. The van der Waals surface area contributed by atoms with Crippen LogP contribution < -0.4 is 16.0 Å². The first-order chi connectivity index (χ1) is 20.2. The predicted molar refractivity (Wildman–Crippen MR) is 156 cm³/mol. The number of nitrogens with zero attached hydrogens (tertiary/aromatic N) is 6. The molecule has 12 nitrogen and oxygen atoms in total. The smallest absolute Gasteiger partial charge is 0.332 e. The van der Waals surface area contributed by atoms with Crippen LogP contribution in [0.3, 0.4) is 0 Å². The fourth-order valence-electron chi connectivity index (χ4n) is 4.52. The zero-order valence-corrected chi connectivity index (χ0v) is 24.9. The second-order valence-corrected chi connectivity index (χ2v) is 10.8. The van der Waals surface area contributed by atoms with Crippen LogP contribution in [0.15, 0.2) is 40.2 Å². The van der Waals surface area contributed by atoms with Gasteiger partial charge in [0.15, 0.2) is 0 Å². The van der Waals surface area contributed by atoms with Crippen LogP contribution in [-0.4, -0.2) is 80.1 Å². The van der Waals surface area contributed by atoms with Crippen LogP contribution in [0, 0.1) is 12.7 Å². The molecule has 1 fully saturated rings. The highest BCUT2D eigenvalue weighted by molar-refractivity contribution is 7.21. The van der Waals surface area contributed by atoms with Gasteiger partial charge >= 0.3 is 5.69 Å². The van der Waals surface area contributed by atoms with Crippen molar-refractivity contribution in [3.8, 4) is 10.8 Å². The number of halogens is 1. The van der Waals surface area contributed by atoms with Crippen molar-refractivity contribution < 1.29 is 23.8 Å². The van der Waals surface area contributed by atoms with Crippen LogP contribution in [0.25, 0.3) is 15.2 Å². The number of carbonyl (C=O) groups is 1. The van der Waals surface area contributed by atoms with Crippen LogP contribution in [0.4, 0.5) is 4.39 Å². The van der Waals surface area contributed by atoms with E-state index in [-0.39, 0.29) is 31.5 Å². The molecule has 226 valence electrons. The Balaban J connectivity index is 0.000000507. The average molecular weight is 603 g/mol. The molecule has 1 aliphatic heterocycles. The Morgan fingerprint density at radius 2 is 1.90 bits per heavy atom. The Bertz CT molecular complexity index is 1640. The van der Waals surface area contributed by atoms with Crippen LogP contribution >= 0.6 is 11.3 Å². The van der Waals surface area contributed by atoms with Gasteiger partial charge in [-0.15, -0.1) is 4.80 Å². The van der Waals surface area contributed by atoms with Crippen molar-refractivity contribution in [2.45, 2.75) is 52.3 Å². The molecule has 14 heteroatoms. The summed E-state index contributed by atoms with van der Waals surface area (Å²) < 4.78 is 26.6. The van der Waals surface area contributed by atoms with Gasteiger partial charge in [0, 0.05) is 38.9 Å². The van der Waals surface area contributed by atoms with Crippen LogP contribution in [0.1, 0.15) is 30.9 Å². The van der Waals surface area contributed by atoms with E-state index in [0.29, 0.717) is 38.6 Å². The molecule has 0 atom stereocenters. The summed E-state index contributed by atoms with van der Waals surface area (Å²) in [5, 5.41) is 18.1. The monoisotopic (exact) mass is 602 g/mol. The summed E-state index contributed by atoms with van der Waals surface area (Å²) in [5.41, 5.74) is 0.0224. The number of fused-ring (bicyclic) bond motifs is 1. The first-order valence-corrected chi connectivity index (χ1v) is 14.4. The zero-order chi connectivity index (χ0) is 30.4. The van der Waals surface area contributed by atoms with Gasteiger partial charge in [0.25, 0.3) is 5.56 Å². The van der Waals surface area contributed by atoms with E-state index in [2.05, 4.69) is 10.2 Å². The Kier molecular flexibility index (Phi) is 10.2. The Morgan fingerprint density at radius 3 is 2.50 bits per heavy atom. The maximum Gasteiger partial charge on any atom is 0.332 e. The number of aliphatic hydroxyl groups excluding tert-OH is 1. The zero-order valence-electron chi connectivity index (χ0n) is 24.1. The van der Waals surface area contributed by atoms with Gasteiger partial charge < -0.3 is 19.5 Å². The molecular weight excluding hydrogens is 567 g/mol. The Hall–Kier alpha value is -3.88. The first kappa shape index (κ1) is 31.1. The number of benzene rings is 1. The number of thiophene rings is 1. The van der Waals surface area contributed by atoms with Crippen LogP contribution in [0.5, 0.6) is 5.75 Å². The molecule has 1 saturated heterocycles. The van der Waals surface area contributed by atoms with E-state index in [0.717, 1.165) is 30.6 Å². The third kappa shape index (κ3) is 6.77. The Labute approximate surface area is 245 Å². The molecule has 0 radical (unpaired) electrons. The number of ether oxygens (including phenoxy) is 2. The van der Waals surface area contributed by atoms with E-state index in [1.54, 1.807) is 20.9 Å². The van der Waals surface area contributed by atoms with Gasteiger partial charge in [-0.1, -0.05) is 11.3 Å². The standard InChI is InChI=1S/C23H25FN6O4S.C5H10O2/c1-5-27(3)18(31)13-29-20(32)19-14(2)21(30-25-9-10-26-30)35-22(19)28(23(29)33)11-8-15-12-16(24)6-7-17(15)34-4;6-5-1-3-7-4-2-5/h6-7,9-10,12H,5,8,11,13H2,1-4H3;5-6H,1-4H2. The molecule has 4 aromatic rings. The lowest BCUT2D eigenvalue weighted by Gasteiger charge is -2.17. The summed E-state index contributed by atoms with van der Waals surface area (Å²) in [7, 11) is 3.10. The van der Waals surface area contributed by atoms with Crippen LogP contribution in [0.2, 0.25) is 0 Å². The summed E-state index contributed by atoms with van der Waals surface area (Å²) >= 11 is 1.21. The normalized spacial score (nSPS) is 13.6. The van der Waals surface area contributed by atoms with E-state index >= 15 is 0 Å². The fraction of sp³-hybridized carbons (Fsp3) is 0.464. The van der Waals surface area contributed by atoms with Crippen molar-refractivity contribution in [3.05, 3.63) is 68.4 Å². The lowest BCUT2D eigenvalue weighted by molar-refractivity contribution is -0.130. The number of hydrogen-bond acceptors (Lipinski definition) is 9. The molecule has 0 bridgehead atoms. The highest BCUT2D eigenvalue weighted by atomic mass is 32.1. The van der Waals surface area contributed by atoms with Crippen molar-refractivity contribution in [2.24, 2.45) is 0 Å². The molecule has 0 unspecified atom stereocenters. The third-order valence-electron chi connectivity index (χ3n) is 7.10. The Morgan fingerprint density at radius 1 is 1.21 bits per heavy atom. The second-order valence-electron chi connectivity index (χ2n) is 9.81. The number of rotatable bonds is 8. The summed E-state index contributed by atoms with van der Waals surface area (Å²) in [5.74, 6) is -0.283. The minimum atomic E-state index is -0.614. The molecule has 5 rings (SSSR count). The molecule has 1 aliphatic rings. The van der Waals surface area contributed by atoms with E-state index < -0.39 is 17.1 Å². The van der Waals surface area contributed by atoms with Gasteiger partial charge in [0.2, 0.25) is 5.91 Å². The van der Waals surface area contributed by atoms with Crippen molar-refractivity contribution in [1.29, 1.82) is 0 Å². The molecule has 1 N–H and O–H groups in total. The van der Waals surface area contributed by atoms with Gasteiger partial charge in [-0.05, 0) is 56.9 Å². The second kappa shape index (κ2) is 13.9. The number of aryl methyl sites for hydroxylation is 3. The van der Waals surface area contributed by atoms with E-state index in [1.165, 1.54) is 63.3 Å². The minimum absolute atomic E-state index is 0.0891. The lowest BCUT2D eigenvalue weighted by atomic mass is 10.1. The van der Waals surface area contributed by atoms with Crippen molar-refractivity contribution in [2.75, 3.05) is 33.9 Å². The number of carbonyl (C=O) groups excluding carboxylic acids is 1. The maximum absolute atomic E-state index is 13.9. The van der Waals surface area contributed by atoms with Crippen molar-refractivity contribution in [3.63, 3.8) is 0 Å². The van der Waals surface area contributed by atoms with E-state index in [4.69, 9.17) is 14.6 Å². The number of aromatic nitrogens is 5. The van der Waals surface area contributed by atoms with E-state index in [9.17, 15) is 18.8 Å². The van der Waals surface area contributed by atoms with Crippen molar-refractivity contribution in [1.82, 2.24) is 29.0 Å². The molecular formula is C28H35FN6O6S. The highest BCUT2D eigenvalue weighted by Gasteiger charge is 2.23.